The zero-order valence-electron chi connectivity index (χ0n) is 3.97. The first-order chi connectivity index (χ1) is 2.81. The summed E-state index contributed by atoms with van der Waals surface area (Å²) in [6, 6.07) is 0. The molecule has 0 saturated carbocycles. The fraction of sp³-hybridized carbons (Fsp3) is 0.750. The number of hydrogen-bond acceptors (Lipinski definition) is 2. The van der Waals surface area contributed by atoms with E-state index in [0.29, 0.717) is 0 Å². The van der Waals surface area contributed by atoms with Crippen molar-refractivity contribution in [1.82, 2.24) is 0 Å². The van der Waals surface area contributed by atoms with Gasteiger partial charge in [0.15, 0.2) is 0 Å². The first-order valence-electron chi connectivity index (χ1n) is 1.79. The Morgan fingerprint density at radius 3 is 2.14 bits per heavy atom. The van der Waals surface area contributed by atoms with Gasteiger partial charge in [0.1, 0.15) is 12.4 Å². The number of ether oxygens (including phenoxy) is 1. The average molecular weight is 130 g/mol. The second-order valence-corrected chi connectivity index (χ2v) is 1.08. The zero-order valence-corrected chi connectivity index (χ0v) is 3.97. The summed E-state index contributed by atoms with van der Waals surface area (Å²) in [5, 5.41) is 0. The van der Waals surface area contributed by atoms with E-state index in [-0.39, 0.29) is 43.8 Å². The van der Waals surface area contributed by atoms with Crippen molar-refractivity contribution in [1.29, 1.82) is 0 Å². The van der Waals surface area contributed by atoms with Gasteiger partial charge >= 0.3 is 37.7 Å². The van der Waals surface area contributed by atoms with Gasteiger partial charge in [-0.1, -0.05) is 0 Å². The second kappa shape index (κ2) is 6.89. The predicted molar refractivity (Wildman–Crippen MR) is 31.1 cm³/mol. The van der Waals surface area contributed by atoms with Crippen molar-refractivity contribution >= 4 is 44.0 Å². The third-order valence-corrected chi connectivity index (χ3v) is 0.563. The van der Waals surface area contributed by atoms with Crippen molar-refractivity contribution in [2.75, 3.05) is 7.11 Å². The normalized spacial score (nSPS) is 11.7. The zero-order chi connectivity index (χ0) is 4.99. The topological polar surface area (TPSA) is 26.3 Å². The van der Waals surface area contributed by atoms with Gasteiger partial charge in [0, 0.05) is 7.11 Å². The average Bonchev–Trinajstić information content (AvgIpc) is 1.65. The maximum atomic E-state index is 9.61. The molecule has 0 aliphatic heterocycles. The molecule has 0 aliphatic rings. The molecule has 2 nitrogen and oxygen atoms in total. The summed E-state index contributed by atoms with van der Waals surface area (Å²) < 4.78 is 4.53. The molecule has 0 amide bonds. The molecule has 1 atom stereocenters. The third kappa shape index (κ3) is 6.89. The Balaban J connectivity index is 0. The van der Waals surface area contributed by atoms with Crippen molar-refractivity contribution < 1.29 is 9.53 Å². The summed E-state index contributed by atoms with van der Waals surface area (Å²) in [6.07, 6.45) is 0.505. The molecule has 0 saturated heterocycles. The number of methoxy groups -OCH3 is 1. The molecule has 0 rings (SSSR count). The number of aldehydes is 1. The van der Waals surface area contributed by atoms with Crippen LogP contribution in [0.2, 0.25) is 0 Å². The molecule has 0 aromatic carbocycles. The van der Waals surface area contributed by atoms with Crippen LogP contribution in [0, 0.1) is 0 Å². The van der Waals surface area contributed by atoms with Crippen LogP contribution in [0.25, 0.3) is 0 Å². The van der Waals surface area contributed by atoms with Crippen molar-refractivity contribution in [2.45, 2.75) is 13.0 Å². The van der Waals surface area contributed by atoms with Gasteiger partial charge < -0.3 is 9.53 Å². The monoisotopic (exact) mass is 130 g/mol. The van der Waals surface area contributed by atoms with Crippen LogP contribution in [0.3, 0.4) is 0 Å². The first kappa shape index (κ1) is 10.8. The molecule has 1 unspecified atom stereocenters. The van der Waals surface area contributed by atoms with E-state index in [0.717, 1.165) is 6.29 Å². The summed E-state index contributed by atoms with van der Waals surface area (Å²) in [4.78, 5) is 9.61. The minimum atomic E-state index is -0.245. The Morgan fingerprint density at radius 2 is 2.14 bits per heavy atom. The van der Waals surface area contributed by atoms with Crippen LogP contribution in [-0.2, 0) is 9.53 Å². The molecule has 7 heavy (non-hydrogen) atoms. The molecule has 0 bridgehead atoms. The summed E-state index contributed by atoms with van der Waals surface area (Å²) in [5.41, 5.74) is 0. The Morgan fingerprint density at radius 1 is 1.71 bits per heavy atom. The predicted octanol–water partition coefficient (Wildman–Crippen LogP) is -0.696. The fourth-order valence-corrected chi connectivity index (χ4v) is 0.0556. The molecule has 0 aliphatic carbocycles. The van der Waals surface area contributed by atoms with Gasteiger partial charge in [0.05, 0.1) is 0 Å². The molecular weight excluding hydrogens is 120 g/mol. The van der Waals surface area contributed by atoms with Crippen LogP contribution >= 0.6 is 0 Å². The van der Waals surface area contributed by atoms with Gasteiger partial charge in [-0.25, -0.2) is 0 Å². The van der Waals surface area contributed by atoms with Gasteiger partial charge in [-0.3, -0.25) is 0 Å². The van der Waals surface area contributed by atoms with Crippen molar-refractivity contribution in [3.63, 3.8) is 0 Å². The van der Waals surface area contributed by atoms with Gasteiger partial charge in [0.2, 0.25) is 0 Å². The van der Waals surface area contributed by atoms with Crippen LogP contribution in [0.4, 0.5) is 0 Å². The van der Waals surface area contributed by atoms with Crippen molar-refractivity contribution in [3.8, 4) is 0 Å². The standard InChI is InChI=1S/C4H8O2.Ca.2H/c1-4(3-5)6-2;;;/h3-4H,1-2H3;;;. The van der Waals surface area contributed by atoms with E-state index >= 15 is 0 Å². The third-order valence-electron chi connectivity index (χ3n) is 0.563. The quantitative estimate of drug-likeness (QED) is 0.365. The van der Waals surface area contributed by atoms with Crippen LogP contribution < -0.4 is 0 Å². The summed E-state index contributed by atoms with van der Waals surface area (Å²) in [6.45, 7) is 1.69. The van der Waals surface area contributed by atoms with E-state index in [1.807, 2.05) is 0 Å². The van der Waals surface area contributed by atoms with Gasteiger partial charge in [-0.05, 0) is 6.92 Å². The Kier molecular flexibility index (Phi) is 10.6. The van der Waals surface area contributed by atoms with E-state index < -0.39 is 0 Å². The molecule has 0 N–H and O–H groups in total. The van der Waals surface area contributed by atoms with E-state index in [2.05, 4.69) is 4.74 Å². The van der Waals surface area contributed by atoms with Crippen molar-refractivity contribution in [2.24, 2.45) is 0 Å². The number of rotatable bonds is 2. The number of hydrogen-bond donors (Lipinski definition) is 0. The number of carbonyl (C=O) groups is 1. The van der Waals surface area contributed by atoms with E-state index in [4.69, 9.17) is 0 Å². The Bertz CT molecular complexity index is 47.0. The summed E-state index contributed by atoms with van der Waals surface area (Å²) in [7, 11) is 1.50. The molecule has 0 aromatic heterocycles. The molecule has 0 radical (unpaired) electrons. The van der Waals surface area contributed by atoms with Crippen LogP contribution in [0.15, 0.2) is 0 Å². The molecule has 40 valence electrons. The summed E-state index contributed by atoms with van der Waals surface area (Å²) >= 11 is 0. The second-order valence-electron chi connectivity index (χ2n) is 1.08. The Hall–Kier alpha value is 0.890. The first-order valence-corrected chi connectivity index (χ1v) is 1.79. The van der Waals surface area contributed by atoms with Gasteiger partial charge in [0.25, 0.3) is 0 Å². The molecule has 0 aromatic rings. The minimum absolute atomic E-state index is 0. The molecule has 0 fully saturated rings. The Labute approximate surface area is 73.2 Å². The van der Waals surface area contributed by atoms with Gasteiger partial charge in [-0.2, -0.15) is 0 Å². The number of carbonyl (C=O) groups excluding carboxylic acids is 1. The fourth-order valence-electron chi connectivity index (χ4n) is 0.0556. The maximum absolute atomic E-state index is 9.61. The van der Waals surface area contributed by atoms with E-state index in [1.54, 1.807) is 6.92 Å². The van der Waals surface area contributed by atoms with Crippen LogP contribution in [0.1, 0.15) is 6.92 Å². The molecule has 0 spiro atoms. The van der Waals surface area contributed by atoms with E-state index in [1.165, 1.54) is 7.11 Å². The van der Waals surface area contributed by atoms with Crippen molar-refractivity contribution in [3.05, 3.63) is 0 Å². The van der Waals surface area contributed by atoms with E-state index in [9.17, 15) is 4.79 Å². The van der Waals surface area contributed by atoms with Crippen LogP contribution in [-0.4, -0.2) is 57.2 Å². The summed E-state index contributed by atoms with van der Waals surface area (Å²) in [5.74, 6) is 0. The molecule has 3 heteroatoms. The molecular formula is C4H10CaO2. The van der Waals surface area contributed by atoms with Gasteiger partial charge in [-0.15, -0.1) is 0 Å². The molecule has 0 heterocycles. The SMILES string of the molecule is COC(C)C=O.[CaH2]. The van der Waals surface area contributed by atoms with Crippen LogP contribution in [0.5, 0.6) is 0 Å².